The van der Waals surface area contributed by atoms with E-state index in [1.807, 2.05) is 0 Å². The highest BCUT2D eigenvalue weighted by Crippen LogP contribution is 2.41. The Bertz CT molecular complexity index is 591. The van der Waals surface area contributed by atoms with Gasteiger partial charge in [0.05, 0.1) is 19.1 Å². The molecule has 2 rings (SSSR count). The lowest BCUT2D eigenvalue weighted by Crippen LogP contribution is -2.56. The van der Waals surface area contributed by atoms with Gasteiger partial charge in [0.25, 0.3) is 6.17 Å². The average molecular weight is 487 g/mol. The van der Waals surface area contributed by atoms with Crippen molar-refractivity contribution in [1.29, 1.82) is 0 Å². The Hall–Kier alpha value is -1.00. The zero-order chi connectivity index (χ0) is 23.8. The second-order valence-corrected chi connectivity index (χ2v) is 7.15. The van der Waals surface area contributed by atoms with Crippen molar-refractivity contribution in [3.63, 3.8) is 0 Å². The Morgan fingerprint density at radius 1 is 0.710 bits per heavy atom. The molecule has 4 atom stereocenters. The molecule has 0 N–H and O–H groups in total. The van der Waals surface area contributed by atoms with E-state index < -0.39 is 93.9 Å². The van der Waals surface area contributed by atoms with Crippen LogP contribution in [-0.2, 0) is 14.5 Å². The molecule has 4 unspecified atom stereocenters. The van der Waals surface area contributed by atoms with Crippen molar-refractivity contribution in [2.24, 2.45) is 5.92 Å². The standard InChI is InChI=1S/C15H17F12NO3/c16-10(15(25,26)27)12(18,19)8-5-29-6-9(31-30-8)13(20,21)11(17)28-3-1-7(2-4-28)14(22,23)24/h7-11H,1-6H2. The quantitative estimate of drug-likeness (QED) is 0.326. The van der Waals surface area contributed by atoms with Gasteiger partial charge in [0.15, 0.2) is 12.2 Å². The lowest BCUT2D eigenvalue weighted by molar-refractivity contribution is -0.409. The number of likely N-dealkylation sites (tertiary alicyclic amines) is 1. The minimum Gasteiger partial charge on any atom is -0.375 e. The van der Waals surface area contributed by atoms with E-state index in [-0.39, 0.29) is 0 Å². The van der Waals surface area contributed by atoms with Gasteiger partial charge < -0.3 is 4.74 Å². The molecule has 0 bridgehead atoms. The van der Waals surface area contributed by atoms with Gasteiger partial charge >= 0.3 is 24.2 Å². The van der Waals surface area contributed by atoms with E-state index in [0.717, 1.165) is 0 Å². The van der Waals surface area contributed by atoms with Crippen LogP contribution in [0.1, 0.15) is 12.8 Å². The van der Waals surface area contributed by atoms with Crippen LogP contribution in [0, 0.1) is 5.92 Å². The first-order valence-electron chi connectivity index (χ1n) is 8.80. The molecule has 0 aliphatic carbocycles. The van der Waals surface area contributed by atoms with E-state index in [1.54, 1.807) is 0 Å². The molecule has 2 heterocycles. The van der Waals surface area contributed by atoms with Crippen LogP contribution in [0.2, 0.25) is 0 Å². The van der Waals surface area contributed by atoms with E-state index in [2.05, 4.69) is 14.5 Å². The van der Waals surface area contributed by atoms with Crippen LogP contribution >= 0.6 is 0 Å². The number of alkyl halides is 12. The number of nitrogens with zero attached hydrogens (tertiary/aromatic N) is 1. The maximum atomic E-state index is 14.4. The molecule has 0 aromatic rings. The van der Waals surface area contributed by atoms with E-state index in [1.165, 1.54) is 0 Å². The molecule has 0 saturated carbocycles. The largest absolute Gasteiger partial charge is 0.425 e. The summed E-state index contributed by atoms with van der Waals surface area (Å²) in [4.78, 5) is 8.21. The number of hydrogen-bond acceptors (Lipinski definition) is 4. The third-order valence-electron chi connectivity index (χ3n) is 4.94. The second-order valence-electron chi connectivity index (χ2n) is 7.15. The number of hydrogen-bond donors (Lipinski definition) is 0. The highest BCUT2D eigenvalue weighted by molar-refractivity contribution is 4.92. The smallest absolute Gasteiger partial charge is 0.375 e. The molecule has 31 heavy (non-hydrogen) atoms. The molecule has 0 radical (unpaired) electrons. The molecule has 4 nitrogen and oxygen atoms in total. The van der Waals surface area contributed by atoms with Crippen molar-refractivity contribution in [3.8, 4) is 0 Å². The fourth-order valence-corrected chi connectivity index (χ4v) is 3.05. The summed E-state index contributed by atoms with van der Waals surface area (Å²) in [5.41, 5.74) is 0. The van der Waals surface area contributed by atoms with Crippen LogP contribution in [-0.4, -0.2) is 80.1 Å². The molecule has 0 amide bonds. The van der Waals surface area contributed by atoms with Crippen molar-refractivity contribution >= 4 is 0 Å². The van der Waals surface area contributed by atoms with Crippen LogP contribution in [0.25, 0.3) is 0 Å². The van der Waals surface area contributed by atoms with Crippen LogP contribution in [0.5, 0.6) is 0 Å². The second kappa shape index (κ2) is 9.09. The van der Waals surface area contributed by atoms with Crippen LogP contribution < -0.4 is 0 Å². The number of piperidine rings is 1. The Morgan fingerprint density at radius 3 is 1.58 bits per heavy atom. The minimum absolute atomic E-state index is 0.379. The molecule has 2 fully saturated rings. The van der Waals surface area contributed by atoms with Gasteiger partial charge in [-0.1, -0.05) is 0 Å². The van der Waals surface area contributed by atoms with Crippen LogP contribution in [0.15, 0.2) is 0 Å². The Balaban J connectivity index is 2.01. The molecule has 0 aromatic heterocycles. The first-order valence-corrected chi connectivity index (χ1v) is 8.80. The lowest BCUT2D eigenvalue weighted by Gasteiger charge is -2.38. The topological polar surface area (TPSA) is 30.9 Å². The van der Waals surface area contributed by atoms with Crippen molar-refractivity contribution in [2.75, 3.05) is 26.3 Å². The SMILES string of the molecule is FC(N1CCC(C(F)(F)F)CC1)C(F)(F)C1COCC(C(F)(F)C(F)C(F)(F)F)OO1. The van der Waals surface area contributed by atoms with Crippen molar-refractivity contribution in [3.05, 3.63) is 0 Å². The predicted molar refractivity (Wildman–Crippen MR) is 76.7 cm³/mol. The van der Waals surface area contributed by atoms with Gasteiger partial charge in [-0.25, -0.2) is 18.6 Å². The van der Waals surface area contributed by atoms with Gasteiger partial charge in [-0.2, -0.15) is 43.9 Å². The van der Waals surface area contributed by atoms with E-state index in [9.17, 15) is 52.7 Å². The third-order valence-corrected chi connectivity index (χ3v) is 4.94. The zero-order valence-corrected chi connectivity index (χ0v) is 15.3. The fourth-order valence-electron chi connectivity index (χ4n) is 3.05. The summed E-state index contributed by atoms with van der Waals surface area (Å²) in [6, 6.07) is 0. The predicted octanol–water partition coefficient (Wildman–Crippen LogP) is 4.44. The van der Waals surface area contributed by atoms with Gasteiger partial charge in [0, 0.05) is 13.1 Å². The molecule has 0 aromatic carbocycles. The van der Waals surface area contributed by atoms with E-state index in [4.69, 9.17) is 0 Å². The van der Waals surface area contributed by atoms with Crippen molar-refractivity contribution < 1.29 is 67.2 Å². The first-order chi connectivity index (χ1) is 14.0. The molecule has 184 valence electrons. The molecule has 2 saturated heterocycles. The van der Waals surface area contributed by atoms with Gasteiger partial charge in [0.2, 0.25) is 6.30 Å². The molecule has 16 heteroatoms. The summed E-state index contributed by atoms with van der Waals surface area (Å²) >= 11 is 0. The van der Waals surface area contributed by atoms with E-state index in [0.29, 0.717) is 4.90 Å². The van der Waals surface area contributed by atoms with Crippen LogP contribution in [0.3, 0.4) is 0 Å². The highest BCUT2D eigenvalue weighted by Gasteiger charge is 2.63. The maximum Gasteiger partial charge on any atom is 0.425 e. The zero-order valence-electron chi connectivity index (χ0n) is 15.3. The molecular formula is C15H17F12NO3. The highest BCUT2D eigenvalue weighted by atomic mass is 19.4. The normalized spacial score (nSPS) is 28.3. The Kier molecular flexibility index (Phi) is 7.70. The number of halogens is 12. The summed E-state index contributed by atoms with van der Waals surface area (Å²) in [6.45, 7) is -4.21. The molecular weight excluding hydrogens is 470 g/mol. The minimum atomic E-state index is -6.00. The third kappa shape index (κ3) is 5.87. The van der Waals surface area contributed by atoms with Crippen molar-refractivity contribution in [1.82, 2.24) is 4.90 Å². The maximum absolute atomic E-state index is 14.4. The molecule has 0 spiro atoms. The number of ether oxygens (including phenoxy) is 1. The van der Waals surface area contributed by atoms with Crippen molar-refractivity contribution in [2.45, 2.75) is 61.7 Å². The Labute approximate surface area is 167 Å². The van der Waals surface area contributed by atoms with Gasteiger partial charge in [-0.05, 0) is 12.8 Å². The Morgan fingerprint density at radius 2 is 1.16 bits per heavy atom. The average Bonchev–Trinajstić information content (AvgIpc) is 2.92. The summed E-state index contributed by atoms with van der Waals surface area (Å²) in [6.07, 6.45) is -25.7. The summed E-state index contributed by atoms with van der Waals surface area (Å²) in [7, 11) is 0. The first kappa shape index (κ1) is 26.3. The summed E-state index contributed by atoms with van der Waals surface area (Å²) in [5.74, 6) is -11.7. The lowest BCUT2D eigenvalue weighted by atomic mass is 9.95. The molecule has 2 aliphatic heterocycles. The molecule has 2 aliphatic rings. The fraction of sp³-hybridized carbons (Fsp3) is 1.00. The number of rotatable bonds is 5. The summed E-state index contributed by atoms with van der Waals surface area (Å²) in [5, 5.41) is 0. The van der Waals surface area contributed by atoms with Gasteiger partial charge in [-0.3, -0.25) is 4.90 Å². The van der Waals surface area contributed by atoms with E-state index >= 15 is 0 Å². The van der Waals surface area contributed by atoms with Crippen LogP contribution in [0.4, 0.5) is 52.7 Å². The summed E-state index contributed by atoms with van der Waals surface area (Å²) < 4.78 is 163. The van der Waals surface area contributed by atoms with Gasteiger partial charge in [-0.15, -0.1) is 0 Å². The van der Waals surface area contributed by atoms with Gasteiger partial charge in [0.1, 0.15) is 0 Å². The monoisotopic (exact) mass is 487 g/mol.